The summed E-state index contributed by atoms with van der Waals surface area (Å²) in [4.78, 5) is 13.5. The Morgan fingerprint density at radius 1 is 1.04 bits per heavy atom. The molecule has 4 heteroatoms. The molecule has 4 nitrogen and oxygen atoms in total. The zero-order chi connectivity index (χ0) is 16.8. The molecule has 0 spiro atoms. The van der Waals surface area contributed by atoms with E-state index in [-0.39, 0.29) is 0 Å². The Balaban J connectivity index is 1.59. The van der Waals surface area contributed by atoms with Gasteiger partial charge < -0.3 is 4.90 Å². The standard InChI is InChI=1S/C20H28N4/c1-23(2)20-21-14-18(15-22-20)16-24-13-7-6-10-19(24)12-11-17-8-4-3-5-9-17/h3-5,8-9,14-15,19H,6-7,10-13,16H2,1-2H3. The van der Waals surface area contributed by atoms with Crippen molar-refractivity contribution in [3.63, 3.8) is 0 Å². The van der Waals surface area contributed by atoms with Gasteiger partial charge in [-0.15, -0.1) is 0 Å². The van der Waals surface area contributed by atoms with Crippen molar-refractivity contribution in [1.29, 1.82) is 0 Å². The Labute approximate surface area is 145 Å². The maximum Gasteiger partial charge on any atom is 0.224 e. The third-order valence-electron chi connectivity index (χ3n) is 4.84. The highest BCUT2D eigenvalue weighted by Crippen LogP contribution is 2.23. The second kappa shape index (κ2) is 8.25. The fraction of sp³-hybridized carbons (Fsp3) is 0.500. The van der Waals surface area contributed by atoms with E-state index in [1.165, 1.54) is 43.4 Å². The maximum atomic E-state index is 4.45. The maximum absolute atomic E-state index is 4.45. The van der Waals surface area contributed by atoms with E-state index >= 15 is 0 Å². The molecule has 0 N–H and O–H groups in total. The summed E-state index contributed by atoms with van der Waals surface area (Å²) in [5, 5.41) is 0. The van der Waals surface area contributed by atoms with Crippen LogP contribution in [-0.2, 0) is 13.0 Å². The molecule has 24 heavy (non-hydrogen) atoms. The first-order valence-electron chi connectivity index (χ1n) is 8.98. The summed E-state index contributed by atoms with van der Waals surface area (Å²) < 4.78 is 0. The van der Waals surface area contributed by atoms with Gasteiger partial charge in [-0.3, -0.25) is 4.90 Å². The zero-order valence-electron chi connectivity index (χ0n) is 14.9. The van der Waals surface area contributed by atoms with Crippen molar-refractivity contribution in [1.82, 2.24) is 14.9 Å². The van der Waals surface area contributed by atoms with Gasteiger partial charge in [-0.25, -0.2) is 9.97 Å². The highest BCUT2D eigenvalue weighted by atomic mass is 15.2. The molecule has 1 unspecified atom stereocenters. The van der Waals surface area contributed by atoms with E-state index in [0.717, 1.165) is 18.9 Å². The molecule has 1 atom stereocenters. The lowest BCUT2D eigenvalue weighted by Gasteiger charge is -2.35. The molecular weight excluding hydrogens is 296 g/mol. The minimum absolute atomic E-state index is 0.674. The number of benzene rings is 1. The molecule has 128 valence electrons. The number of nitrogens with zero attached hydrogens (tertiary/aromatic N) is 4. The van der Waals surface area contributed by atoms with Gasteiger partial charge in [0.25, 0.3) is 0 Å². The number of rotatable bonds is 6. The van der Waals surface area contributed by atoms with Gasteiger partial charge >= 0.3 is 0 Å². The number of hydrogen-bond donors (Lipinski definition) is 0. The third-order valence-corrected chi connectivity index (χ3v) is 4.84. The van der Waals surface area contributed by atoms with Crippen molar-refractivity contribution in [2.24, 2.45) is 0 Å². The monoisotopic (exact) mass is 324 g/mol. The Kier molecular flexibility index (Phi) is 5.81. The summed E-state index contributed by atoms with van der Waals surface area (Å²) in [6.45, 7) is 2.15. The number of hydrogen-bond acceptors (Lipinski definition) is 4. The number of aromatic nitrogens is 2. The van der Waals surface area contributed by atoms with Crippen LogP contribution in [-0.4, -0.2) is 41.5 Å². The molecule has 1 fully saturated rings. The molecule has 2 aromatic rings. The number of likely N-dealkylation sites (tertiary alicyclic amines) is 1. The first-order chi connectivity index (χ1) is 11.7. The Morgan fingerprint density at radius 2 is 1.79 bits per heavy atom. The second-order valence-corrected chi connectivity index (χ2v) is 6.93. The molecule has 0 bridgehead atoms. The van der Waals surface area contributed by atoms with Crippen molar-refractivity contribution >= 4 is 5.95 Å². The minimum atomic E-state index is 0.674. The molecule has 0 aliphatic carbocycles. The quantitative estimate of drug-likeness (QED) is 0.814. The van der Waals surface area contributed by atoms with E-state index in [0.29, 0.717) is 6.04 Å². The van der Waals surface area contributed by atoms with Crippen molar-refractivity contribution in [2.45, 2.75) is 44.7 Å². The number of aryl methyl sites for hydroxylation is 1. The lowest BCUT2D eigenvalue weighted by atomic mass is 9.95. The molecule has 1 aliphatic rings. The Hall–Kier alpha value is -1.94. The molecule has 1 saturated heterocycles. The van der Waals surface area contributed by atoms with Gasteiger partial charge in [0.1, 0.15) is 0 Å². The fourth-order valence-corrected chi connectivity index (χ4v) is 3.47. The van der Waals surface area contributed by atoms with Gasteiger partial charge in [0.05, 0.1) is 0 Å². The summed E-state index contributed by atoms with van der Waals surface area (Å²) in [5.74, 6) is 0.776. The zero-order valence-corrected chi connectivity index (χ0v) is 14.9. The van der Waals surface area contributed by atoms with E-state index in [4.69, 9.17) is 0 Å². The van der Waals surface area contributed by atoms with Crippen molar-refractivity contribution in [3.05, 3.63) is 53.9 Å². The number of piperidine rings is 1. The first-order valence-corrected chi connectivity index (χ1v) is 8.98. The molecule has 0 saturated carbocycles. The third kappa shape index (κ3) is 4.54. The minimum Gasteiger partial charge on any atom is -0.347 e. The predicted octanol–water partition coefficient (Wildman–Crippen LogP) is 3.53. The summed E-state index contributed by atoms with van der Waals surface area (Å²) in [7, 11) is 3.94. The van der Waals surface area contributed by atoms with Gasteiger partial charge in [-0.2, -0.15) is 0 Å². The van der Waals surface area contributed by atoms with E-state index < -0.39 is 0 Å². The van der Waals surface area contributed by atoms with Crippen LogP contribution in [0, 0.1) is 0 Å². The van der Waals surface area contributed by atoms with Gasteiger partial charge in [-0.1, -0.05) is 36.8 Å². The Bertz CT molecular complexity index is 609. The summed E-state index contributed by atoms with van der Waals surface area (Å²) in [6.07, 6.45) is 10.3. The average molecular weight is 324 g/mol. The van der Waals surface area contributed by atoms with Crippen molar-refractivity contribution in [3.8, 4) is 0 Å². The smallest absolute Gasteiger partial charge is 0.224 e. The van der Waals surface area contributed by atoms with Crippen LogP contribution < -0.4 is 4.90 Å². The lowest BCUT2D eigenvalue weighted by molar-refractivity contribution is 0.132. The van der Waals surface area contributed by atoms with Gasteiger partial charge in [0, 0.05) is 44.6 Å². The van der Waals surface area contributed by atoms with Gasteiger partial charge in [0.2, 0.25) is 5.95 Å². The SMILES string of the molecule is CN(C)c1ncc(CN2CCCCC2CCc2ccccc2)cn1. The highest BCUT2D eigenvalue weighted by molar-refractivity contribution is 5.26. The van der Waals surface area contributed by atoms with Gasteiger partial charge in [-0.05, 0) is 37.8 Å². The van der Waals surface area contributed by atoms with Crippen molar-refractivity contribution < 1.29 is 0 Å². The average Bonchev–Trinajstić information content (AvgIpc) is 2.62. The molecule has 0 amide bonds. The second-order valence-electron chi connectivity index (χ2n) is 6.93. The van der Waals surface area contributed by atoms with E-state index in [2.05, 4.69) is 45.2 Å². The van der Waals surface area contributed by atoms with Crippen LogP contribution in [0.2, 0.25) is 0 Å². The lowest BCUT2D eigenvalue weighted by Crippen LogP contribution is -2.39. The van der Waals surface area contributed by atoms with Crippen LogP contribution in [0.4, 0.5) is 5.95 Å². The molecule has 1 aromatic carbocycles. The first kappa shape index (κ1) is 16.9. The van der Waals surface area contributed by atoms with E-state index in [1.54, 1.807) is 0 Å². The Morgan fingerprint density at radius 3 is 2.50 bits per heavy atom. The van der Waals surface area contributed by atoms with E-state index in [1.807, 2.05) is 31.4 Å². The number of anilines is 1. The summed E-state index contributed by atoms with van der Waals surface area (Å²) in [6, 6.07) is 11.5. The largest absolute Gasteiger partial charge is 0.347 e. The van der Waals surface area contributed by atoms with Crippen LogP contribution in [0.1, 0.15) is 36.8 Å². The van der Waals surface area contributed by atoms with Crippen molar-refractivity contribution in [2.75, 3.05) is 25.5 Å². The van der Waals surface area contributed by atoms with Crippen LogP contribution in [0.3, 0.4) is 0 Å². The topological polar surface area (TPSA) is 32.3 Å². The molecule has 1 aliphatic heterocycles. The normalized spacial score (nSPS) is 18.5. The van der Waals surface area contributed by atoms with Crippen LogP contribution >= 0.6 is 0 Å². The molecule has 0 radical (unpaired) electrons. The predicted molar refractivity (Wildman–Crippen MR) is 99.2 cm³/mol. The molecular formula is C20H28N4. The van der Waals surface area contributed by atoms with Crippen LogP contribution in [0.25, 0.3) is 0 Å². The van der Waals surface area contributed by atoms with E-state index in [9.17, 15) is 0 Å². The molecule has 2 heterocycles. The summed E-state index contributed by atoms with van der Waals surface area (Å²) in [5.41, 5.74) is 2.66. The highest BCUT2D eigenvalue weighted by Gasteiger charge is 2.22. The van der Waals surface area contributed by atoms with Gasteiger partial charge in [0.15, 0.2) is 0 Å². The summed E-state index contributed by atoms with van der Waals surface area (Å²) >= 11 is 0. The van der Waals surface area contributed by atoms with Crippen LogP contribution in [0.5, 0.6) is 0 Å². The fourth-order valence-electron chi connectivity index (χ4n) is 3.47. The molecule has 3 rings (SSSR count). The van der Waals surface area contributed by atoms with Crippen LogP contribution in [0.15, 0.2) is 42.7 Å². The molecule has 1 aromatic heterocycles.